The van der Waals surface area contributed by atoms with Gasteiger partial charge >= 0.3 is 12.1 Å². The normalized spacial score (nSPS) is 12.4. The molecule has 0 fully saturated rings. The number of aliphatic hydroxyl groups is 1. The standard InChI is InChI=1S/C15H21NO6/c1-15(2,3)22-14(20)16-10-6-5-9(7-12(10)18)11(17)8-13(19)21-4/h5-7,11,17-18H,8H2,1-4H3,(H,16,20)/t11-/m1/s1. The first kappa shape index (κ1) is 17.8. The van der Waals surface area contributed by atoms with Crippen molar-refractivity contribution in [2.24, 2.45) is 0 Å². The van der Waals surface area contributed by atoms with Gasteiger partial charge in [0.25, 0.3) is 0 Å². The highest BCUT2D eigenvalue weighted by atomic mass is 16.6. The van der Waals surface area contributed by atoms with Gasteiger partial charge in [-0.3, -0.25) is 10.1 Å². The SMILES string of the molecule is COC(=O)C[C@@H](O)c1ccc(NC(=O)OC(C)(C)C)c(O)c1. The maximum Gasteiger partial charge on any atom is 0.412 e. The second-order valence-corrected chi connectivity index (χ2v) is 5.70. The van der Waals surface area contributed by atoms with Crippen LogP contribution < -0.4 is 5.32 Å². The van der Waals surface area contributed by atoms with Crippen LogP contribution in [-0.4, -0.2) is 35.0 Å². The lowest BCUT2D eigenvalue weighted by atomic mass is 10.1. The summed E-state index contributed by atoms with van der Waals surface area (Å²) < 4.78 is 9.53. The van der Waals surface area contributed by atoms with Crippen molar-refractivity contribution in [1.82, 2.24) is 0 Å². The molecule has 0 spiro atoms. The number of amides is 1. The molecule has 0 bridgehead atoms. The number of phenolic OH excluding ortho intramolecular Hbond substituents is 1. The van der Waals surface area contributed by atoms with E-state index >= 15 is 0 Å². The number of carbonyl (C=O) groups excluding carboxylic acids is 2. The number of aliphatic hydroxyl groups excluding tert-OH is 1. The summed E-state index contributed by atoms with van der Waals surface area (Å²) in [4.78, 5) is 22.7. The van der Waals surface area contributed by atoms with Gasteiger partial charge in [-0.25, -0.2) is 4.79 Å². The molecule has 0 unspecified atom stereocenters. The topological polar surface area (TPSA) is 105 Å². The van der Waals surface area contributed by atoms with E-state index in [2.05, 4.69) is 10.1 Å². The Hall–Kier alpha value is -2.28. The number of hydrogen-bond acceptors (Lipinski definition) is 6. The van der Waals surface area contributed by atoms with E-state index < -0.39 is 23.8 Å². The lowest BCUT2D eigenvalue weighted by Gasteiger charge is -2.20. The number of phenols is 1. The third-order valence-corrected chi connectivity index (χ3v) is 2.63. The Kier molecular flexibility index (Phi) is 5.76. The molecular formula is C15H21NO6. The fourth-order valence-corrected chi connectivity index (χ4v) is 1.63. The average molecular weight is 311 g/mol. The summed E-state index contributed by atoms with van der Waals surface area (Å²) in [6, 6.07) is 4.16. The second kappa shape index (κ2) is 7.13. The molecule has 7 heteroatoms. The molecule has 0 aromatic heterocycles. The molecule has 1 atom stereocenters. The van der Waals surface area contributed by atoms with E-state index in [9.17, 15) is 19.8 Å². The van der Waals surface area contributed by atoms with Crippen molar-refractivity contribution >= 4 is 17.7 Å². The highest BCUT2D eigenvalue weighted by Crippen LogP contribution is 2.28. The van der Waals surface area contributed by atoms with E-state index in [-0.39, 0.29) is 17.9 Å². The third-order valence-electron chi connectivity index (χ3n) is 2.63. The Bertz CT molecular complexity index is 549. The zero-order chi connectivity index (χ0) is 16.9. The fraction of sp³-hybridized carbons (Fsp3) is 0.467. The van der Waals surface area contributed by atoms with Gasteiger partial charge in [0.05, 0.1) is 25.3 Å². The molecule has 0 saturated carbocycles. The summed E-state index contributed by atoms with van der Waals surface area (Å²) in [5, 5.41) is 22.1. The molecule has 0 radical (unpaired) electrons. The van der Waals surface area contributed by atoms with Crippen molar-refractivity contribution in [2.75, 3.05) is 12.4 Å². The van der Waals surface area contributed by atoms with E-state index in [1.54, 1.807) is 20.8 Å². The summed E-state index contributed by atoms with van der Waals surface area (Å²) in [7, 11) is 1.22. The van der Waals surface area contributed by atoms with E-state index in [0.29, 0.717) is 5.56 Å². The Labute approximate surface area is 128 Å². The van der Waals surface area contributed by atoms with E-state index in [4.69, 9.17) is 4.74 Å². The minimum absolute atomic E-state index is 0.142. The molecule has 122 valence electrons. The zero-order valence-corrected chi connectivity index (χ0v) is 13.0. The number of nitrogens with one attached hydrogen (secondary N) is 1. The van der Waals surface area contributed by atoms with Crippen LogP contribution in [0.5, 0.6) is 5.75 Å². The van der Waals surface area contributed by atoms with Crippen molar-refractivity contribution in [3.8, 4) is 5.75 Å². The predicted molar refractivity (Wildman–Crippen MR) is 79.6 cm³/mol. The third kappa shape index (κ3) is 5.61. The van der Waals surface area contributed by atoms with Gasteiger partial charge in [0.15, 0.2) is 0 Å². The minimum Gasteiger partial charge on any atom is -0.506 e. The second-order valence-electron chi connectivity index (χ2n) is 5.70. The van der Waals surface area contributed by atoms with E-state index in [0.717, 1.165) is 0 Å². The maximum atomic E-state index is 11.6. The number of anilines is 1. The molecule has 0 aliphatic heterocycles. The van der Waals surface area contributed by atoms with Crippen molar-refractivity contribution in [3.63, 3.8) is 0 Å². The van der Waals surface area contributed by atoms with Crippen molar-refractivity contribution in [2.45, 2.75) is 38.9 Å². The number of methoxy groups -OCH3 is 1. The Balaban J connectivity index is 2.77. The number of rotatable bonds is 4. The first-order valence-electron chi connectivity index (χ1n) is 6.70. The monoisotopic (exact) mass is 311 g/mol. The average Bonchev–Trinajstić information content (AvgIpc) is 2.38. The minimum atomic E-state index is -1.10. The quantitative estimate of drug-likeness (QED) is 0.582. The predicted octanol–water partition coefficient (Wildman–Crippen LogP) is 2.34. The smallest absolute Gasteiger partial charge is 0.412 e. The highest BCUT2D eigenvalue weighted by Gasteiger charge is 2.19. The number of hydrogen-bond donors (Lipinski definition) is 3. The van der Waals surface area contributed by atoms with Crippen LogP contribution in [0.2, 0.25) is 0 Å². The highest BCUT2D eigenvalue weighted by molar-refractivity contribution is 5.87. The molecule has 3 N–H and O–H groups in total. The first-order chi connectivity index (χ1) is 10.1. The lowest BCUT2D eigenvalue weighted by molar-refractivity contribution is -0.142. The zero-order valence-electron chi connectivity index (χ0n) is 13.0. The lowest BCUT2D eigenvalue weighted by Crippen LogP contribution is -2.27. The van der Waals surface area contributed by atoms with E-state index in [1.165, 1.54) is 25.3 Å². The number of ether oxygens (including phenoxy) is 2. The van der Waals surface area contributed by atoms with Crippen LogP contribution in [0, 0.1) is 0 Å². The largest absolute Gasteiger partial charge is 0.506 e. The number of aromatic hydroxyl groups is 1. The van der Waals surface area contributed by atoms with Crippen LogP contribution in [0.15, 0.2) is 18.2 Å². The molecule has 0 saturated heterocycles. The summed E-state index contributed by atoms with van der Waals surface area (Å²) in [5.74, 6) is -0.810. The molecule has 1 rings (SSSR count). The maximum absolute atomic E-state index is 11.6. The molecule has 0 aliphatic rings. The van der Waals surface area contributed by atoms with Crippen LogP contribution in [0.3, 0.4) is 0 Å². The van der Waals surface area contributed by atoms with Crippen LogP contribution >= 0.6 is 0 Å². The van der Waals surface area contributed by atoms with Crippen LogP contribution in [0.4, 0.5) is 10.5 Å². The van der Waals surface area contributed by atoms with Gasteiger partial charge in [-0.05, 0) is 38.5 Å². The Morgan fingerprint density at radius 3 is 2.45 bits per heavy atom. The van der Waals surface area contributed by atoms with Crippen LogP contribution in [0.1, 0.15) is 38.9 Å². The molecule has 0 aliphatic carbocycles. The van der Waals surface area contributed by atoms with Gasteiger partial charge < -0.3 is 19.7 Å². The van der Waals surface area contributed by atoms with Crippen LogP contribution in [-0.2, 0) is 14.3 Å². The van der Waals surface area contributed by atoms with Gasteiger partial charge in [0.2, 0.25) is 0 Å². The van der Waals surface area contributed by atoms with Crippen LogP contribution in [0.25, 0.3) is 0 Å². The van der Waals surface area contributed by atoms with Crippen molar-refractivity contribution in [3.05, 3.63) is 23.8 Å². The van der Waals surface area contributed by atoms with Crippen molar-refractivity contribution < 1.29 is 29.3 Å². The molecule has 1 amide bonds. The van der Waals surface area contributed by atoms with Gasteiger partial charge in [-0.15, -0.1) is 0 Å². The molecule has 1 aromatic rings. The molecule has 1 aromatic carbocycles. The van der Waals surface area contributed by atoms with Gasteiger partial charge in [-0.2, -0.15) is 0 Å². The summed E-state index contributed by atoms with van der Waals surface area (Å²) in [5.41, 5.74) is -0.183. The fourth-order valence-electron chi connectivity index (χ4n) is 1.63. The molecule has 7 nitrogen and oxygen atoms in total. The summed E-state index contributed by atoms with van der Waals surface area (Å²) in [6.45, 7) is 5.16. The summed E-state index contributed by atoms with van der Waals surface area (Å²) >= 11 is 0. The number of carbonyl (C=O) groups is 2. The number of benzene rings is 1. The van der Waals surface area contributed by atoms with E-state index in [1.807, 2.05) is 0 Å². The molecule has 22 heavy (non-hydrogen) atoms. The Morgan fingerprint density at radius 2 is 1.95 bits per heavy atom. The van der Waals surface area contributed by atoms with Gasteiger partial charge in [-0.1, -0.05) is 6.07 Å². The molecular weight excluding hydrogens is 290 g/mol. The van der Waals surface area contributed by atoms with Gasteiger partial charge in [0.1, 0.15) is 11.4 Å². The van der Waals surface area contributed by atoms with Crippen molar-refractivity contribution in [1.29, 1.82) is 0 Å². The molecule has 0 heterocycles. The van der Waals surface area contributed by atoms with Gasteiger partial charge in [0, 0.05) is 0 Å². The first-order valence-corrected chi connectivity index (χ1v) is 6.70. The Morgan fingerprint density at radius 1 is 1.32 bits per heavy atom. The number of esters is 1. The summed E-state index contributed by atoms with van der Waals surface area (Å²) in [6.07, 6.45) is -2.03.